The van der Waals surface area contributed by atoms with Crippen LogP contribution in [-0.4, -0.2) is 37.5 Å². The minimum Gasteiger partial charge on any atom is -0.353 e. The molecule has 3 unspecified atom stereocenters. The molecule has 0 radical (unpaired) electrons. The van der Waals surface area contributed by atoms with Gasteiger partial charge in [-0.15, -0.1) is 0 Å². The minimum absolute atomic E-state index is 0.167. The molecule has 0 aromatic carbocycles. The summed E-state index contributed by atoms with van der Waals surface area (Å²) in [6.45, 7) is 6.16. The van der Waals surface area contributed by atoms with Gasteiger partial charge in [-0.2, -0.15) is 0 Å². The summed E-state index contributed by atoms with van der Waals surface area (Å²) >= 11 is 0. The van der Waals surface area contributed by atoms with Crippen LogP contribution in [0.1, 0.15) is 40.0 Å². The first kappa shape index (κ1) is 16.8. The van der Waals surface area contributed by atoms with Gasteiger partial charge in [0.1, 0.15) is 0 Å². The van der Waals surface area contributed by atoms with Gasteiger partial charge in [0.05, 0.1) is 24.8 Å². The number of amides is 1. The van der Waals surface area contributed by atoms with E-state index in [0.717, 1.165) is 19.3 Å². The van der Waals surface area contributed by atoms with Crippen molar-refractivity contribution in [1.82, 2.24) is 5.32 Å². The van der Waals surface area contributed by atoms with E-state index in [1.54, 1.807) is 0 Å². The molecule has 0 aromatic heterocycles. The zero-order chi connectivity index (χ0) is 15.0. The summed E-state index contributed by atoms with van der Waals surface area (Å²) in [5.74, 6) is 0.167. The predicted molar refractivity (Wildman–Crippen MR) is 74.9 cm³/mol. The van der Waals surface area contributed by atoms with Gasteiger partial charge in [-0.05, 0) is 37.6 Å². The second-order valence-electron chi connectivity index (χ2n) is 5.45. The van der Waals surface area contributed by atoms with E-state index in [4.69, 9.17) is 15.0 Å². The summed E-state index contributed by atoms with van der Waals surface area (Å²) in [7, 11) is 0. The molecule has 1 rings (SSSR count). The Bertz CT molecular complexity index is 345. The Morgan fingerprint density at radius 1 is 1.55 bits per heavy atom. The lowest BCUT2D eigenvalue weighted by atomic mass is 9.98. The molecular formula is C13H24N4O3. The van der Waals surface area contributed by atoms with Crippen molar-refractivity contribution in [2.45, 2.75) is 64.6 Å². The average molecular weight is 284 g/mol. The highest BCUT2D eigenvalue weighted by Gasteiger charge is 2.29. The first-order valence-corrected chi connectivity index (χ1v) is 7.10. The first-order valence-electron chi connectivity index (χ1n) is 7.10. The third-order valence-corrected chi connectivity index (χ3v) is 3.47. The number of carbonyl (C=O) groups excluding carboxylic acids is 1. The molecule has 1 aliphatic rings. The van der Waals surface area contributed by atoms with Crippen molar-refractivity contribution in [3.63, 3.8) is 0 Å². The summed E-state index contributed by atoms with van der Waals surface area (Å²) in [5, 5.41) is 6.33. The molecule has 1 aliphatic heterocycles. The lowest BCUT2D eigenvalue weighted by Crippen LogP contribution is -2.48. The number of nitrogens with zero attached hydrogens (tertiary/aromatic N) is 3. The Morgan fingerprint density at radius 2 is 2.30 bits per heavy atom. The van der Waals surface area contributed by atoms with Crippen LogP contribution in [0.15, 0.2) is 5.11 Å². The van der Waals surface area contributed by atoms with Crippen LogP contribution in [0.3, 0.4) is 0 Å². The summed E-state index contributed by atoms with van der Waals surface area (Å²) in [5.41, 5.74) is 8.49. The van der Waals surface area contributed by atoms with E-state index < -0.39 is 0 Å². The van der Waals surface area contributed by atoms with Crippen LogP contribution < -0.4 is 5.32 Å². The van der Waals surface area contributed by atoms with Gasteiger partial charge in [0.15, 0.2) is 6.29 Å². The highest BCUT2D eigenvalue weighted by molar-refractivity contribution is 5.46. The van der Waals surface area contributed by atoms with Gasteiger partial charge in [0.2, 0.25) is 6.41 Å². The normalized spacial score (nSPS) is 25.6. The van der Waals surface area contributed by atoms with Gasteiger partial charge in [-0.25, -0.2) is 0 Å². The molecule has 0 saturated carbocycles. The Kier molecular flexibility index (Phi) is 7.36. The Balaban J connectivity index is 2.70. The van der Waals surface area contributed by atoms with E-state index in [-0.39, 0.29) is 37.0 Å². The Hall–Kier alpha value is -1.30. The van der Waals surface area contributed by atoms with Gasteiger partial charge >= 0.3 is 0 Å². The third-order valence-electron chi connectivity index (χ3n) is 3.47. The van der Waals surface area contributed by atoms with E-state index in [1.807, 2.05) is 20.8 Å². The average Bonchev–Trinajstić information content (AvgIpc) is 2.41. The van der Waals surface area contributed by atoms with Crippen LogP contribution in [0.25, 0.3) is 10.4 Å². The van der Waals surface area contributed by atoms with E-state index in [2.05, 4.69) is 15.3 Å². The van der Waals surface area contributed by atoms with E-state index in [1.165, 1.54) is 0 Å². The number of hydrogen-bond acceptors (Lipinski definition) is 4. The fraction of sp³-hybridized carbons (Fsp3) is 0.923. The van der Waals surface area contributed by atoms with Gasteiger partial charge in [0, 0.05) is 4.91 Å². The largest absolute Gasteiger partial charge is 0.353 e. The van der Waals surface area contributed by atoms with Crippen LogP contribution in [0.2, 0.25) is 0 Å². The zero-order valence-electron chi connectivity index (χ0n) is 12.4. The fourth-order valence-corrected chi connectivity index (χ4v) is 2.43. The number of ether oxygens (including phenoxy) is 2. The second kappa shape index (κ2) is 8.79. The molecule has 7 nitrogen and oxygen atoms in total. The van der Waals surface area contributed by atoms with Crippen molar-refractivity contribution in [3.8, 4) is 0 Å². The minimum atomic E-state index is -0.383. The standard InChI is InChI=1S/C13H24N4O3/c1-9(2)13(15-8-18)11(7-16-17-14)20-12-6-4-5-10(3)19-12/h8-13H,4-7H2,1-3H3,(H,15,18)/t10?,11?,12?,13-/m0/s1. The molecule has 0 aromatic rings. The molecule has 1 amide bonds. The van der Waals surface area contributed by atoms with Crippen molar-refractivity contribution in [3.05, 3.63) is 10.4 Å². The maximum Gasteiger partial charge on any atom is 0.207 e. The summed E-state index contributed by atoms with van der Waals surface area (Å²) in [6, 6.07) is -0.209. The van der Waals surface area contributed by atoms with Crippen LogP contribution in [-0.2, 0) is 14.3 Å². The lowest BCUT2D eigenvalue weighted by Gasteiger charge is -2.35. The van der Waals surface area contributed by atoms with Crippen LogP contribution in [0, 0.1) is 5.92 Å². The molecular weight excluding hydrogens is 260 g/mol. The molecule has 20 heavy (non-hydrogen) atoms. The smallest absolute Gasteiger partial charge is 0.207 e. The molecule has 114 valence electrons. The topological polar surface area (TPSA) is 96.3 Å². The molecule has 1 fully saturated rings. The van der Waals surface area contributed by atoms with E-state index in [0.29, 0.717) is 6.41 Å². The number of nitrogens with one attached hydrogen (secondary N) is 1. The van der Waals surface area contributed by atoms with Crippen molar-refractivity contribution in [2.75, 3.05) is 6.54 Å². The molecule has 4 atom stereocenters. The quantitative estimate of drug-likeness (QED) is 0.321. The van der Waals surface area contributed by atoms with Gasteiger partial charge in [-0.3, -0.25) is 4.79 Å². The zero-order valence-corrected chi connectivity index (χ0v) is 12.4. The maximum atomic E-state index is 10.7. The molecule has 0 spiro atoms. The number of rotatable bonds is 8. The van der Waals surface area contributed by atoms with Gasteiger partial charge in [-0.1, -0.05) is 19.0 Å². The fourth-order valence-electron chi connectivity index (χ4n) is 2.43. The number of azide groups is 1. The number of hydrogen-bond donors (Lipinski definition) is 1. The highest BCUT2D eigenvalue weighted by Crippen LogP contribution is 2.22. The lowest BCUT2D eigenvalue weighted by molar-refractivity contribution is -0.215. The number of carbonyl (C=O) groups is 1. The predicted octanol–water partition coefficient (Wildman–Crippen LogP) is 2.37. The Labute approximate surface area is 119 Å². The first-order chi connectivity index (χ1) is 9.58. The van der Waals surface area contributed by atoms with Gasteiger partial charge in [0.25, 0.3) is 0 Å². The highest BCUT2D eigenvalue weighted by atomic mass is 16.7. The van der Waals surface area contributed by atoms with Crippen LogP contribution in [0.5, 0.6) is 0 Å². The van der Waals surface area contributed by atoms with Crippen molar-refractivity contribution in [1.29, 1.82) is 0 Å². The van der Waals surface area contributed by atoms with Crippen LogP contribution >= 0.6 is 0 Å². The molecule has 7 heteroatoms. The van der Waals surface area contributed by atoms with Crippen molar-refractivity contribution >= 4 is 6.41 Å². The molecule has 1 N–H and O–H groups in total. The third kappa shape index (κ3) is 5.36. The Morgan fingerprint density at radius 3 is 2.85 bits per heavy atom. The molecule has 0 bridgehead atoms. The van der Waals surface area contributed by atoms with Crippen molar-refractivity contribution in [2.24, 2.45) is 11.0 Å². The monoisotopic (exact) mass is 284 g/mol. The van der Waals surface area contributed by atoms with E-state index in [9.17, 15) is 4.79 Å². The summed E-state index contributed by atoms with van der Waals surface area (Å²) in [4.78, 5) is 13.5. The van der Waals surface area contributed by atoms with Crippen molar-refractivity contribution < 1.29 is 14.3 Å². The van der Waals surface area contributed by atoms with Crippen LogP contribution in [0.4, 0.5) is 0 Å². The van der Waals surface area contributed by atoms with E-state index >= 15 is 0 Å². The maximum absolute atomic E-state index is 10.7. The second-order valence-corrected chi connectivity index (χ2v) is 5.45. The molecule has 1 saturated heterocycles. The summed E-state index contributed by atoms with van der Waals surface area (Å²) in [6.07, 6.45) is 3.04. The molecule has 1 heterocycles. The molecule has 0 aliphatic carbocycles. The SMILES string of the molecule is CC1CCCC(OC(CN=[N+]=[N-])[C@@H](NC=O)C(C)C)O1. The summed E-state index contributed by atoms with van der Waals surface area (Å²) < 4.78 is 11.7. The van der Waals surface area contributed by atoms with Gasteiger partial charge < -0.3 is 14.8 Å².